The third-order valence-electron chi connectivity index (χ3n) is 3.99. The van der Waals surface area contributed by atoms with Crippen molar-refractivity contribution in [2.24, 2.45) is 5.73 Å². The van der Waals surface area contributed by atoms with Crippen LogP contribution < -0.4 is 11.1 Å². The van der Waals surface area contributed by atoms with Crippen molar-refractivity contribution in [2.45, 2.75) is 31.3 Å². The number of nitrogens with two attached hydrogens (primary N) is 1. The summed E-state index contributed by atoms with van der Waals surface area (Å²) in [6, 6.07) is 9.16. The molecule has 1 aromatic rings. The maximum Gasteiger partial charge on any atom is 0.245 e. The first-order valence-electron chi connectivity index (χ1n) is 7.96. The Morgan fingerprint density at radius 1 is 1.39 bits per heavy atom. The van der Waals surface area contributed by atoms with Crippen molar-refractivity contribution in [3.8, 4) is 0 Å². The van der Waals surface area contributed by atoms with E-state index in [0.717, 1.165) is 17.7 Å². The quantitative estimate of drug-likeness (QED) is 0.780. The summed E-state index contributed by atoms with van der Waals surface area (Å²) in [7, 11) is 0. The van der Waals surface area contributed by atoms with Crippen LogP contribution in [0.4, 0.5) is 0 Å². The molecule has 0 radical (unpaired) electrons. The SMILES string of the molecule is CSCCC(NC(=O)Cc1ccccc1)C(=O)N1CC[C@@H](N)C1. The Bertz CT molecular complexity index is 524. The van der Waals surface area contributed by atoms with Gasteiger partial charge >= 0.3 is 0 Å². The van der Waals surface area contributed by atoms with Gasteiger partial charge in [0, 0.05) is 19.1 Å². The van der Waals surface area contributed by atoms with E-state index in [9.17, 15) is 9.59 Å². The number of benzene rings is 1. The fraction of sp³-hybridized carbons (Fsp3) is 0.529. The number of amides is 2. The highest BCUT2D eigenvalue weighted by atomic mass is 32.2. The van der Waals surface area contributed by atoms with Crippen LogP contribution in [-0.2, 0) is 16.0 Å². The van der Waals surface area contributed by atoms with E-state index in [4.69, 9.17) is 5.73 Å². The van der Waals surface area contributed by atoms with E-state index in [1.165, 1.54) is 0 Å². The lowest BCUT2D eigenvalue weighted by molar-refractivity contribution is -0.135. The van der Waals surface area contributed by atoms with Gasteiger partial charge in [-0.25, -0.2) is 0 Å². The van der Waals surface area contributed by atoms with E-state index in [-0.39, 0.29) is 17.9 Å². The van der Waals surface area contributed by atoms with Crippen molar-refractivity contribution in [3.05, 3.63) is 35.9 Å². The van der Waals surface area contributed by atoms with E-state index < -0.39 is 6.04 Å². The Labute approximate surface area is 142 Å². The van der Waals surface area contributed by atoms with Crippen molar-refractivity contribution in [1.82, 2.24) is 10.2 Å². The molecule has 1 fully saturated rings. The molecule has 6 heteroatoms. The molecule has 0 saturated carbocycles. The van der Waals surface area contributed by atoms with Crippen LogP contribution in [0.1, 0.15) is 18.4 Å². The largest absolute Gasteiger partial charge is 0.344 e. The monoisotopic (exact) mass is 335 g/mol. The second kappa shape index (κ2) is 8.93. The molecule has 0 bridgehead atoms. The summed E-state index contributed by atoms with van der Waals surface area (Å²) >= 11 is 1.67. The maximum absolute atomic E-state index is 12.6. The smallest absolute Gasteiger partial charge is 0.245 e. The number of carbonyl (C=O) groups excluding carboxylic acids is 2. The lowest BCUT2D eigenvalue weighted by atomic mass is 10.1. The van der Waals surface area contributed by atoms with Crippen LogP contribution in [0.2, 0.25) is 0 Å². The van der Waals surface area contributed by atoms with Crippen molar-refractivity contribution in [1.29, 1.82) is 0 Å². The van der Waals surface area contributed by atoms with Gasteiger partial charge in [0.2, 0.25) is 11.8 Å². The normalized spacial score (nSPS) is 18.7. The first-order chi connectivity index (χ1) is 11.1. The summed E-state index contributed by atoms with van der Waals surface area (Å²) in [4.78, 5) is 26.7. The van der Waals surface area contributed by atoms with E-state index in [0.29, 0.717) is 25.9 Å². The minimum atomic E-state index is -0.455. The molecule has 0 aromatic heterocycles. The average Bonchev–Trinajstić information content (AvgIpc) is 2.98. The molecule has 1 aliphatic heterocycles. The summed E-state index contributed by atoms with van der Waals surface area (Å²) in [5, 5.41) is 2.91. The fourth-order valence-corrected chi connectivity index (χ4v) is 3.20. The van der Waals surface area contributed by atoms with Gasteiger partial charge in [0.15, 0.2) is 0 Å². The molecule has 0 aliphatic carbocycles. The number of rotatable bonds is 7. The zero-order valence-corrected chi connectivity index (χ0v) is 14.3. The first kappa shape index (κ1) is 17.8. The van der Waals surface area contributed by atoms with Crippen molar-refractivity contribution >= 4 is 23.6 Å². The Hall–Kier alpha value is -1.53. The average molecular weight is 335 g/mol. The number of hydrogen-bond donors (Lipinski definition) is 2. The second-order valence-electron chi connectivity index (χ2n) is 5.90. The van der Waals surface area contributed by atoms with Crippen LogP contribution in [0.3, 0.4) is 0 Å². The molecule has 23 heavy (non-hydrogen) atoms. The lowest BCUT2D eigenvalue weighted by Crippen LogP contribution is -2.49. The van der Waals surface area contributed by atoms with E-state index in [2.05, 4.69) is 5.32 Å². The number of hydrogen-bond acceptors (Lipinski definition) is 4. The molecule has 1 unspecified atom stereocenters. The zero-order valence-electron chi connectivity index (χ0n) is 13.5. The molecule has 5 nitrogen and oxygen atoms in total. The summed E-state index contributed by atoms with van der Waals surface area (Å²) in [5.74, 6) is 0.717. The number of nitrogens with zero attached hydrogens (tertiary/aromatic N) is 1. The highest BCUT2D eigenvalue weighted by Crippen LogP contribution is 2.12. The molecule has 2 rings (SSSR count). The van der Waals surface area contributed by atoms with Crippen molar-refractivity contribution in [3.63, 3.8) is 0 Å². The predicted molar refractivity (Wildman–Crippen MR) is 94.2 cm³/mol. The van der Waals surface area contributed by atoms with Crippen LogP contribution in [0.25, 0.3) is 0 Å². The van der Waals surface area contributed by atoms with Gasteiger partial charge in [-0.05, 0) is 30.4 Å². The molecule has 3 N–H and O–H groups in total. The Kier molecular flexibility index (Phi) is 6.92. The lowest BCUT2D eigenvalue weighted by Gasteiger charge is -2.24. The molecular formula is C17H25N3O2S. The van der Waals surface area contributed by atoms with Gasteiger partial charge in [0.25, 0.3) is 0 Å². The van der Waals surface area contributed by atoms with Gasteiger partial charge in [-0.1, -0.05) is 30.3 Å². The topological polar surface area (TPSA) is 75.4 Å². The third kappa shape index (κ3) is 5.55. The second-order valence-corrected chi connectivity index (χ2v) is 6.88. The van der Waals surface area contributed by atoms with Crippen LogP contribution in [0.5, 0.6) is 0 Å². The van der Waals surface area contributed by atoms with E-state index in [1.807, 2.05) is 36.6 Å². The standard InChI is InChI=1S/C17H25N3O2S/c1-23-10-8-15(17(22)20-9-7-14(18)12-20)19-16(21)11-13-5-3-2-4-6-13/h2-6,14-15H,7-12,18H2,1H3,(H,19,21)/t14-,15?/m1/s1. The molecular weight excluding hydrogens is 310 g/mol. The van der Waals surface area contributed by atoms with Crippen LogP contribution in [-0.4, -0.2) is 53.9 Å². The van der Waals surface area contributed by atoms with Gasteiger partial charge in [-0.2, -0.15) is 11.8 Å². The summed E-state index contributed by atoms with van der Waals surface area (Å²) in [6.07, 6.45) is 3.77. The Balaban J connectivity index is 1.94. The molecule has 2 atom stereocenters. The highest BCUT2D eigenvalue weighted by Gasteiger charge is 2.30. The van der Waals surface area contributed by atoms with Crippen LogP contribution in [0.15, 0.2) is 30.3 Å². The maximum atomic E-state index is 12.6. The summed E-state index contributed by atoms with van der Waals surface area (Å²) in [5.41, 5.74) is 6.83. The van der Waals surface area contributed by atoms with Gasteiger partial charge in [0.1, 0.15) is 6.04 Å². The van der Waals surface area contributed by atoms with Gasteiger partial charge in [-0.3, -0.25) is 9.59 Å². The number of thioether (sulfide) groups is 1. The van der Waals surface area contributed by atoms with Crippen LogP contribution >= 0.6 is 11.8 Å². The molecule has 126 valence electrons. The number of carbonyl (C=O) groups is 2. The van der Waals surface area contributed by atoms with Gasteiger partial charge < -0.3 is 16.0 Å². The minimum Gasteiger partial charge on any atom is -0.344 e. The fourth-order valence-electron chi connectivity index (χ4n) is 2.73. The van der Waals surface area contributed by atoms with Gasteiger partial charge in [-0.15, -0.1) is 0 Å². The minimum absolute atomic E-state index is 0.00610. The number of nitrogens with one attached hydrogen (secondary N) is 1. The molecule has 1 aromatic carbocycles. The van der Waals surface area contributed by atoms with Crippen molar-refractivity contribution in [2.75, 3.05) is 25.1 Å². The first-order valence-corrected chi connectivity index (χ1v) is 9.36. The highest BCUT2D eigenvalue weighted by molar-refractivity contribution is 7.98. The Morgan fingerprint density at radius 2 is 2.13 bits per heavy atom. The molecule has 2 amide bonds. The molecule has 0 spiro atoms. The zero-order chi connectivity index (χ0) is 16.7. The van der Waals surface area contributed by atoms with E-state index in [1.54, 1.807) is 16.7 Å². The van der Waals surface area contributed by atoms with Gasteiger partial charge in [0.05, 0.1) is 6.42 Å². The van der Waals surface area contributed by atoms with E-state index >= 15 is 0 Å². The van der Waals surface area contributed by atoms with Crippen molar-refractivity contribution < 1.29 is 9.59 Å². The summed E-state index contributed by atoms with van der Waals surface area (Å²) in [6.45, 7) is 1.27. The van der Waals surface area contributed by atoms with Crippen LogP contribution in [0, 0.1) is 0 Å². The molecule has 1 aliphatic rings. The Morgan fingerprint density at radius 3 is 2.74 bits per heavy atom. The molecule has 1 heterocycles. The number of likely N-dealkylation sites (tertiary alicyclic amines) is 1. The third-order valence-corrected chi connectivity index (χ3v) is 4.63. The predicted octanol–water partition coefficient (Wildman–Crippen LogP) is 1.03. The molecule has 1 saturated heterocycles. The summed E-state index contributed by atoms with van der Waals surface area (Å²) < 4.78 is 0.